The predicted octanol–water partition coefficient (Wildman–Crippen LogP) is 9.19. The Morgan fingerprint density at radius 1 is 0.621 bits per heavy atom. The summed E-state index contributed by atoms with van der Waals surface area (Å²) in [6, 6.07) is 36.8. The fourth-order valence-electron chi connectivity index (χ4n) is 5.70. The van der Waals surface area contributed by atoms with Crippen LogP contribution in [0.15, 0.2) is 121 Å². The van der Waals surface area contributed by atoms with Crippen LogP contribution in [0.25, 0.3) is 22.5 Å². The van der Waals surface area contributed by atoms with Crippen LogP contribution in [0.5, 0.6) is 0 Å². The molecule has 6 aromatic rings. The van der Waals surface area contributed by atoms with Crippen LogP contribution in [0.3, 0.4) is 0 Å². The van der Waals surface area contributed by atoms with Gasteiger partial charge in [-0.15, -0.1) is 0 Å². The molecule has 0 fully saturated rings. The highest BCUT2D eigenvalue weighted by atomic mass is 35.5. The lowest BCUT2D eigenvalue weighted by atomic mass is 10.1. The zero-order valence-corrected chi connectivity index (χ0v) is 34.6. The molecule has 0 radical (unpaired) electrons. The number of carbonyl (C=O) groups excluding carboxylic acids is 2. The summed E-state index contributed by atoms with van der Waals surface area (Å²) in [7, 11) is 0. The fraction of sp³-hybridized carbons (Fsp3) is 0.182. The third-order valence-corrected chi connectivity index (χ3v) is 9.85. The van der Waals surface area contributed by atoms with E-state index in [1.54, 1.807) is 48.5 Å². The van der Waals surface area contributed by atoms with Gasteiger partial charge in [0.2, 0.25) is 0 Å². The summed E-state index contributed by atoms with van der Waals surface area (Å²) >= 11 is 24.5. The van der Waals surface area contributed by atoms with E-state index in [9.17, 15) is 9.59 Å². The minimum absolute atomic E-state index is 0.0977. The number of rotatable bonds is 15. The predicted molar refractivity (Wildman–Crippen MR) is 235 cm³/mol. The van der Waals surface area contributed by atoms with E-state index in [1.165, 1.54) is 0 Å². The maximum atomic E-state index is 12.2. The molecular formula is C44H42Cl4N6O4. The molecule has 2 heterocycles. The topological polar surface area (TPSA) is 140 Å². The molecule has 6 rings (SSSR count). The minimum Gasteiger partial charge on any atom is -0.395 e. The van der Waals surface area contributed by atoms with Gasteiger partial charge in [0.25, 0.3) is 11.8 Å². The molecule has 4 aromatic carbocycles. The van der Waals surface area contributed by atoms with Crippen LogP contribution < -0.4 is 20.9 Å². The summed E-state index contributed by atoms with van der Waals surface area (Å²) in [6.45, 7) is 4.16. The number of hydrogen-bond donors (Lipinski definition) is 5. The van der Waals surface area contributed by atoms with Crippen molar-refractivity contribution in [1.82, 2.24) is 20.6 Å². The number of aliphatic hydroxyl groups excluding tert-OH is 2. The van der Waals surface area contributed by atoms with Crippen LogP contribution in [-0.2, 0) is 13.1 Å². The van der Waals surface area contributed by atoms with Gasteiger partial charge in [-0.3, -0.25) is 9.59 Å². The molecule has 2 aromatic heterocycles. The van der Waals surface area contributed by atoms with E-state index in [2.05, 4.69) is 32.8 Å². The lowest BCUT2D eigenvalue weighted by Gasteiger charge is -2.23. The average molecular weight is 861 g/mol. The summed E-state index contributed by atoms with van der Waals surface area (Å²) < 4.78 is 0. The SMILES string of the molecule is CCN(Cc1ccc(Cl)cc1Cl)c1cccc(-c2cccc(C(=O)NCCO)c2)n1.O=C(NCCO)c1cccc(-c2cccc(NCc3ccc(Cl)cc3Cl)n2)c1. The van der Waals surface area contributed by atoms with Gasteiger partial charge >= 0.3 is 0 Å². The highest BCUT2D eigenvalue weighted by molar-refractivity contribution is 6.35. The Balaban J connectivity index is 0.000000221. The standard InChI is InChI=1S/C23H23Cl2N3O2.C21H19Cl2N3O2/c1-2-28(15-18-9-10-19(24)14-20(18)25)22-8-4-7-21(27-22)16-5-3-6-17(13-16)23(30)26-11-12-29;22-17-8-7-16(18(23)12-17)13-25-20-6-2-5-19(26-20)14-3-1-4-15(11-14)21(28)24-9-10-27/h3-10,13-14,29H,2,11-12,15H2,1H3,(H,26,30);1-8,11-12,27H,9-10,13H2,(H,24,28)(H,25,26). The Kier molecular flexibility index (Phi) is 16.7. The second-order valence-electron chi connectivity index (χ2n) is 12.7. The highest BCUT2D eigenvalue weighted by Crippen LogP contribution is 2.27. The van der Waals surface area contributed by atoms with Gasteiger partial charge in [-0.05, 0) is 90.8 Å². The number of aliphatic hydroxyl groups is 2. The van der Waals surface area contributed by atoms with Gasteiger partial charge in [0.05, 0.1) is 24.6 Å². The second kappa shape index (κ2) is 22.1. The molecule has 0 saturated heterocycles. The van der Waals surface area contributed by atoms with Crippen molar-refractivity contribution in [2.24, 2.45) is 0 Å². The van der Waals surface area contributed by atoms with E-state index >= 15 is 0 Å². The van der Waals surface area contributed by atoms with E-state index < -0.39 is 0 Å². The molecule has 0 atom stereocenters. The first kappa shape index (κ1) is 43.9. The van der Waals surface area contributed by atoms with Crippen LogP contribution in [0.2, 0.25) is 20.1 Å². The zero-order valence-electron chi connectivity index (χ0n) is 31.6. The molecule has 0 aliphatic rings. The quantitative estimate of drug-likeness (QED) is 0.0689. The number of anilines is 2. The number of nitrogens with zero attached hydrogens (tertiary/aromatic N) is 3. The minimum atomic E-state index is -0.234. The summed E-state index contributed by atoms with van der Waals surface area (Å²) in [5.41, 5.74) is 6.10. The first-order valence-corrected chi connectivity index (χ1v) is 19.9. The number of aromatic nitrogens is 2. The van der Waals surface area contributed by atoms with Crippen LogP contribution in [0.1, 0.15) is 38.8 Å². The second-order valence-corrected chi connectivity index (χ2v) is 14.4. The van der Waals surface area contributed by atoms with Crippen molar-refractivity contribution in [3.8, 4) is 22.5 Å². The van der Waals surface area contributed by atoms with Crippen molar-refractivity contribution < 1.29 is 19.8 Å². The summed E-state index contributed by atoms with van der Waals surface area (Å²) in [5, 5.41) is 28.7. The number of amides is 2. The number of halogens is 4. The van der Waals surface area contributed by atoms with Gasteiger partial charge in [-0.2, -0.15) is 0 Å². The average Bonchev–Trinajstić information content (AvgIpc) is 3.24. The number of hydrogen-bond acceptors (Lipinski definition) is 8. The Morgan fingerprint density at radius 2 is 1.14 bits per heavy atom. The van der Waals surface area contributed by atoms with Crippen LogP contribution in [0.4, 0.5) is 11.6 Å². The highest BCUT2D eigenvalue weighted by Gasteiger charge is 2.13. The van der Waals surface area contributed by atoms with Crippen molar-refractivity contribution in [2.75, 3.05) is 43.1 Å². The molecule has 2 amide bonds. The molecule has 0 saturated carbocycles. The fourth-order valence-corrected chi connectivity index (χ4v) is 6.64. The first-order valence-electron chi connectivity index (χ1n) is 18.4. The van der Waals surface area contributed by atoms with Crippen LogP contribution in [-0.4, -0.2) is 64.8 Å². The first-order chi connectivity index (χ1) is 28.1. The molecule has 58 heavy (non-hydrogen) atoms. The Hall–Kier alpha value is -5.20. The van der Waals surface area contributed by atoms with Crippen molar-refractivity contribution in [3.05, 3.63) is 164 Å². The van der Waals surface area contributed by atoms with E-state index in [-0.39, 0.29) is 38.1 Å². The molecule has 10 nitrogen and oxygen atoms in total. The monoisotopic (exact) mass is 858 g/mol. The third kappa shape index (κ3) is 12.6. The summed E-state index contributed by atoms with van der Waals surface area (Å²) in [6.07, 6.45) is 0. The molecule has 5 N–H and O–H groups in total. The lowest BCUT2D eigenvalue weighted by Crippen LogP contribution is -2.26. The summed E-state index contributed by atoms with van der Waals surface area (Å²) in [5.74, 6) is 1.05. The van der Waals surface area contributed by atoms with E-state index in [0.29, 0.717) is 50.1 Å². The number of nitrogens with one attached hydrogen (secondary N) is 3. The molecule has 300 valence electrons. The maximum Gasteiger partial charge on any atom is 0.251 e. The Labute approximate surface area is 357 Å². The molecular weight excluding hydrogens is 818 g/mol. The molecule has 0 spiro atoms. The molecule has 0 unspecified atom stereocenters. The van der Waals surface area contributed by atoms with Crippen LogP contribution in [0, 0.1) is 0 Å². The third-order valence-electron chi connectivity index (χ3n) is 8.68. The smallest absolute Gasteiger partial charge is 0.251 e. The van der Waals surface area contributed by atoms with Crippen LogP contribution >= 0.6 is 46.4 Å². The molecule has 0 aliphatic carbocycles. The van der Waals surface area contributed by atoms with Gasteiger partial charge in [0.15, 0.2) is 0 Å². The molecule has 0 bridgehead atoms. The largest absolute Gasteiger partial charge is 0.395 e. The van der Waals surface area contributed by atoms with Gasteiger partial charge in [0, 0.05) is 75.1 Å². The molecule has 14 heteroatoms. The van der Waals surface area contributed by atoms with E-state index in [1.807, 2.05) is 72.8 Å². The Bertz CT molecular complexity index is 2330. The van der Waals surface area contributed by atoms with Gasteiger partial charge < -0.3 is 31.1 Å². The van der Waals surface area contributed by atoms with Crippen molar-refractivity contribution in [3.63, 3.8) is 0 Å². The van der Waals surface area contributed by atoms with Crippen molar-refractivity contribution >= 4 is 69.9 Å². The normalized spacial score (nSPS) is 10.6. The zero-order chi connectivity index (χ0) is 41.4. The number of pyridine rings is 2. The lowest BCUT2D eigenvalue weighted by molar-refractivity contribution is 0.0937. The molecule has 0 aliphatic heterocycles. The summed E-state index contributed by atoms with van der Waals surface area (Å²) in [4.78, 5) is 35.8. The Morgan fingerprint density at radius 3 is 1.67 bits per heavy atom. The van der Waals surface area contributed by atoms with Gasteiger partial charge in [-0.1, -0.05) is 94.9 Å². The van der Waals surface area contributed by atoms with Crippen molar-refractivity contribution in [2.45, 2.75) is 20.0 Å². The van der Waals surface area contributed by atoms with Gasteiger partial charge in [-0.25, -0.2) is 9.97 Å². The number of benzene rings is 4. The van der Waals surface area contributed by atoms with Gasteiger partial charge in [0.1, 0.15) is 11.6 Å². The number of carbonyl (C=O) groups is 2. The van der Waals surface area contributed by atoms with E-state index in [0.717, 1.165) is 46.0 Å². The van der Waals surface area contributed by atoms with Crippen molar-refractivity contribution in [1.29, 1.82) is 0 Å². The van der Waals surface area contributed by atoms with E-state index in [4.69, 9.17) is 61.6 Å². The maximum absolute atomic E-state index is 12.2.